The van der Waals surface area contributed by atoms with E-state index in [1.54, 1.807) is 16.4 Å². The Balaban J connectivity index is 1.56. The molecule has 132 valence electrons. The van der Waals surface area contributed by atoms with Gasteiger partial charge in [0.05, 0.1) is 4.90 Å². The minimum Gasteiger partial charge on any atom is -0.367 e. The average Bonchev–Trinajstić information content (AvgIpc) is 3.17. The third kappa shape index (κ3) is 2.96. The van der Waals surface area contributed by atoms with Crippen LogP contribution in [0.15, 0.2) is 53.4 Å². The summed E-state index contributed by atoms with van der Waals surface area (Å²) in [6, 6.07) is 16.0. The van der Waals surface area contributed by atoms with Gasteiger partial charge in [0.2, 0.25) is 10.0 Å². The summed E-state index contributed by atoms with van der Waals surface area (Å²) in [7, 11) is -3.40. The Hall–Kier alpha value is -1.85. The van der Waals surface area contributed by atoms with Crippen molar-refractivity contribution in [2.24, 2.45) is 5.92 Å². The Bertz CT molecular complexity index is 860. The first-order chi connectivity index (χ1) is 11.9. The van der Waals surface area contributed by atoms with Crippen LogP contribution in [0.25, 0.3) is 0 Å². The summed E-state index contributed by atoms with van der Waals surface area (Å²) in [6.45, 7) is 6.27. The van der Waals surface area contributed by atoms with E-state index >= 15 is 0 Å². The molecule has 0 radical (unpaired) electrons. The molecule has 4 nitrogen and oxygen atoms in total. The molecular formula is C20H24N2O2S. The second-order valence-corrected chi connectivity index (χ2v) is 9.22. The van der Waals surface area contributed by atoms with Gasteiger partial charge in [0.25, 0.3) is 0 Å². The Morgan fingerprint density at radius 2 is 1.48 bits per heavy atom. The molecule has 0 aliphatic carbocycles. The van der Waals surface area contributed by atoms with Crippen molar-refractivity contribution in [3.05, 3.63) is 59.7 Å². The summed E-state index contributed by atoms with van der Waals surface area (Å²) >= 11 is 0. The summed E-state index contributed by atoms with van der Waals surface area (Å²) in [6.07, 6.45) is 1.05. The highest BCUT2D eigenvalue weighted by Gasteiger charge is 2.45. The van der Waals surface area contributed by atoms with Crippen molar-refractivity contribution in [3.8, 4) is 0 Å². The van der Waals surface area contributed by atoms with E-state index in [1.165, 1.54) is 11.3 Å². The summed E-state index contributed by atoms with van der Waals surface area (Å²) < 4.78 is 27.6. The highest BCUT2D eigenvalue weighted by Crippen LogP contribution is 2.37. The molecule has 0 spiro atoms. The lowest BCUT2D eigenvalue weighted by Gasteiger charge is -2.27. The van der Waals surface area contributed by atoms with E-state index in [0.29, 0.717) is 23.9 Å². The molecule has 0 amide bonds. The standard InChI is InChI=1S/C20H24N2O2S/c1-15-3-7-18(8-4-15)22-12-11-17-13-21(14-20(17)22)25(23,24)19-9-5-16(2)6-10-19/h3-10,17,20H,11-14H2,1-2H3/t17-,20+/m0/s1. The van der Waals surface area contributed by atoms with E-state index in [1.807, 2.05) is 19.1 Å². The van der Waals surface area contributed by atoms with Crippen molar-refractivity contribution in [1.82, 2.24) is 4.31 Å². The van der Waals surface area contributed by atoms with E-state index < -0.39 is 10.0 Å². The molecule has 2 atom stereocenters. The quantitative estimate of drug-likeness (QED) is 0.848. The van der Waals surface area contributed by atoms with E-state index in [9.17, 15) is 8.42 Å². The Kier molecular flexibility index (Phi) is 4.08. The van der Waals surface area contributed by atoms with Gasteiger partial charge in [-0.05, 0) is 50.5 Å². The topological polar surface area (TPSA) is 40.6 Å². The van der Waals surface area contributed by atoms with Crippen LogP contribution in [0.5, 0.6) is 0 Å². The van der Waals surface area contributed by atoms with E-state index in [2.05, 4.69) is 36.1 Å². The predicted molar refractivity (Wildman–Crippen MR) is 100 cm³/mol. The maximum absolute atomic E-state index is 13.0. The first-order valence-corrected chi connectivity index (χ1v) is 10.3. The van der Waals surface area contributed by atoms with Gasteiger partial charge in [-0.2, -0.15) is 4.31 Å². The number of hydrogen-bond donors (Lipinski definition) is 0. The first-order valence-electron chi connectivity index (χ1n) is 8.85. The highest BCUT2D eigenvalue weighted by molar-refractivity contribution is 7.89. The van der Waals surface area contributed by atoms with Crippen LogP contribution < -0.4 is 4.90 Å². The number of hydrogen-bond acceptors (Lipinski definition) is 3. The summed E-state index contributed by atoms with van der Waals surface area (Å²) in [5.74, 6) is 0.418. The molecule has 2 aromatic rings. The van der Waals surface area contributed by atoms with Crippen LogP contribution >= 0.6 is 0 Å². The molecule has 0 aromatic heterocycles. The minimum absolute atomic E-state index is 0.280. The van der Waals surface area contributed by atoms with Crippen molar-refractivity contribution in [2.45, 2.75) is 31.2 Å². The van der Waals surface area contributed by atoms with Crippen LogP contribution in [0, 0.1) is 19.8 Å². The molecule has 0 bridgehead atoms. The number of sulfonamides is 1. The fraction of sp³-hybridized carbons (Fsp3) is 0.400. The maximum Gasteiger partial charge on any atom is 0.243 e. The van der Waals surface area contributed by atoms with Crippen LogP contribution in [0.1, 0.15) is 17.5 Å². The molecule has 25 heavy (non-hydrogen) atoms. The lowest BCUT2D eigenvalue weighted by atomic mass is 10.0. The van der Waals surface area contributed by atoms with Crippen LogP contribution in [-0.4, -0.2) is 38.4 Å². The lowest BCUT2D eigenvalue weighted by molar-refractivity contribution is 0.451. The number of aryl methyl sites for hydroxylation is 2. The summed E-state index contributed by atoms with van der Waals surface area (Å²) in [5, 5.41) is 0. The SMILES string of the molecule is Cc1ccc(N2CC[C@H]3CN(S(=O)(=O)c4ccc(C)cc4)C[C@H]32)cc1. The predicted octanol–water partition coefficient (Wildman–Crippen LogP) is 3.20. The third-order valence-electron chi connectivity index (χ3n) is 5.54. The average molecular weight is 356 g/mol. The normalized spacial score (nSPS) is 23.8. The third-order valence-corrected chi connectivity index (χ3v) is 7.38. The smallest absolute Gasteiger partial charge is 0.243 e. The van der Waals surface area contributed by atoms with Crippen LogP contribution in [0.2, 0.25) is 0 Å². The van der Waals surface area contributed by atoms with Crippen LogP contribution in [0.4, 0.5) is 5.69 Å². The van der Waals surface area contributed by atoms with Crippen molar-refractivity contribution in [1.29, 1.82) is 0 Å². The van der Waals surface area contributed by atoms with Crippen molar-refractivity contribution in [2.75, 3.05) is 24.5 Å². The van der Waals surface area contributed by atoms with Gasteiger partial charge in [-0.15, -0.1) is 0 Å². The summed E-state index contributed by atoms with van der Waals surface area (Å²) in [4.78, 5) is 2.79. The van der Waals surface area contributed by atoms with Crippen molar-refractivity contribution in [3.63, 3.8) is 0 Å². The molecule has 0 saturated carbocycles. The first kappa shape index (κ1) is 16.6. The number of anilines is 1. The van der Waals surface area contributed by atoms with Gasteiger partial charge in [-0.3, -0.25) is 0 Å². The van der Waals surface area contributed by atoms with E-state index in [0.717, 1.165) is 18.5 Å². The Morgan fingerprint density at radius 3 is 2.12 bits per heavy atom. The van der Waals surface area contributed by atoms with Gasteiger partial charge < -0.3 is 4.90 Å². The molecule has 0 unspecified atom stereocenters. The number of benzene rings is 2. The molecule has 4 rings (SSSR count). The van der Waals surface area contributed by atoms with Gasteiger partial charge in [0, 0.05) is 31.4 Å². The Labute approximate surface area is 150 Å². The molecule has 5 heteroatoms. The summed E-state index contributed by atoms with van der Waals surface area (Å²) in [5.41, 5.74) is 3.52. The lowest BCUT2D eigenvalue weighted by Crippen LogP contribution is -2.37. The van der Waals surface area contributed by atoms with Gasteiger partial charge in [0.1, 0.15) is 0 Å². The molecule has 2 aromatic carbocycles. The molecule has 0 N–H and O–H groups in total. The second-order valence-electron chi connectivity index (χ2n) is 7.28. The molecule has 2 heterocycles. The van der Waals surface area contributed by atoms with Crippen LogP contribution in [0.3, 0.4) is 0 Å². The number of fused-ring (bicyclic) bond motifs is 1. The van der Waals surface area contributed by atoms with E-state index in [4.69, 9.17) is 0 Å². The maximum atomic E-state index is 13.0. The van der Waals surface area contributed by atoms with Crippen molar-refractivity contribution < 1.29 is 8.42 Å². The molecule has 2 saturated heterocycles. The Morgan fingerprint density at radius 1 is 0.880 bits per heavy atom. The molecule has 2 aliphatic rings. The van der Waals surface area contributed by atoms with E-state index in [-0.39, 0.29) is 6.04 Å². The second kappa shape index (κ2) is 6.15. The largest absolute Gasteiger partial charge is 0.367 e. The number of nitrogens with zero attached hydrogens (tertiary/aromatic N) is 2. The highest BCUT2D eigenvalue weighted by atomic mass is 32.2. The zero-order chi connectivity index (χ0) is 17.6. The zero-order valence-corrected chi connectivity index (χ0v) is 15.5. The minimum atomic E-state index is -3.40. The van der Waals surface area contributed by atoms with Crippen molar-refractivity contribution >= 4 is 15.7 Å². The van der Waals surface area contributed by atoms with Gasteiger partial charge >= 0.3 is 0 Å². The molecule has 2 aliphatic heterocycles. The number of rotatable bonds is 3. The van der Waals surface area contributed by atoms with Gasteiger partial charge in [-0.25, -0.2) is 8.42 Å². The zero-order valence-electron chi connectivity index (χ0n) is 14.7. The molecular weight excluding hydrogens is 332 g/mol. The van der Waals surface area contributed by atoms with Crippen LogP contribution in [-0.2, 0) is 10.0 Å². The van der Waals surface area contributed by atoms with Gasteiger partial charge in [-0.1, -0.05) is 35.4 Å². The monoisotopic (exact) mass is 356 g/mol. The van der Waals surface area contributed by atoms with Gasteiger partial charge in [0.15, 0.2) is 0 Å². The fourth-order valence-electron chi connectivity index (χ4n) is 4.04. The fourth-order valence-corrected chi connectivity index (χ4v) is 5.55. The molecule has 2 fully saturated rings.